The fourth-order valence-electron chi connectivity index (χ4n) is 3.26. The fraction of sp³-hybridized carbons (Fsp3) is 0.471. The highest BCUT2D eigenvalue weighted by Gasteiger charge is 2.30. The molecule has 6 heteroatoms. The molecule has 0 bridgehead atoms. The van der Waals surface area contributed by atoms with Crippen LogP contribution >= 0.6 is 0 Å². The third-order valence-electron chi connectivity index (χ3n) is 4.55. The quantitative estimate of drug-likeness (QED) is 0.911. The Hall–Kier alpha value is -2.37. The minimum atomic E-state index is -0.817. The molecule has 2 N–H and O–H groups in total. The molecule has 1 fully saturated rings. The Morgan fingerprint density at radius 1 is 1.17 bits per heavy atom. The van der Waals surface area contributed by atoms with Crippen molar-refractivity contribution in [3.05, 3.63) is 36.3 Å². The highest BCUT2D eigenvalue weighted by atomic mass is 16.4. The van der Waals surface area contributed by atoms with Gasteiger partial charge in [0.1, 0.15) is 5.65 Å². The number of carbonyl (C=O) groups excluding carboxylic acids is 1. The SMILES string of the molecule is O=C(NC1CCCCCCC1C(=O)O)c1ccc2nccn2c1. The largest absolute Gasteiger partial charge is 0.481 e. The third-order valence-corrected chi connectivity index (χ3v) is 4.55. The number of hydrogen-bond acceptors (Lipinski definition) is 3. The van der Waals surface area contributed by atoms with Gasteiger partial charge in [-0.15, -0.1) is 0 Å². The number of amides is 1. The van der Waals surface area contributed by atoms with E-state index < -0.39 is 11.9 Å². The van der Waals surface area contributed by atoms with Gasteiger partial charge in [-0.2, -0.15) is 0 Å². The molecule has 0 aliphatic heterocycles. The summed E-state index contributed by atoms with van der Waals surface area (Å²) >= 11 is 0. The summed E-state index contributed by atoms with van der Waals surface area (Å²) in [5.41, 5.74) is 1.29. The van der Waals surface area contributed by atoms with Crippen LogP contribution in [0.4, 0.5) is 0 Å². The van der Waals surface area contributed by atoms with Crippen LogP contribution in [0.3, 0.4) is 0 Å². The molecule has 122 valence electrons. The molecule has 2 aromatic heterocycles. The number of fused-ring (bicyclic) bond motifs is 1. The van der Waals surface area contributed by atoms with E-state index in [2.05, 4.69) is 10.3 Å². The summed E-state index contributed by atoms with van der Waals surface area (Å²) in [7, 11) is 0. The van der Waals surface area contributed by atoms with Crippen molar-refractivity contribution >= 4 is 17.5 Å². The Morgan fingerprint density at radius 3 is 2.74 bits per heavy atom. The van der Waals surface area contributed by atoms with Gasteiger partial charge in [0.05, 0.1) is 11.5 Å². The number of nitrogens with one attached hydrogen (secondary N) is 1. The van der Waals surface area contributed by atoms with Gasteiger partial charge in [-0.25, -0.2) is 4.98 Å². The Morgan fingerprint density at radius 2 is 1.96 bits per heavy atom. The summed E-state index contributed by atoms with van der Waals surface area (Å²) in [6.45, 7) is 0. The maximum Gasteiger partial charge on any atom is 0.308 e. The third kappa shape index (κ3) is 3.52. The van der Waals surface area contributed by atoms with Gasteiger partial charge in [0.25, 0.3) is 5.91 Å². The lowest BCUT2D eigenvalue weighted by Crippen LogP contribution is -2.44. The number of carbonyl (C=O) groups is 2. The summed E-state index contributed by atoms with van der Waals surface area (Å²) in [4.78, 5) is 28.2. The first-order valence-electron chi connectivity index (χ1n) is 8.11. The lowest BCUT2D eigenvalue weighted by Gasteiger charge is -2.27. The van der Waals surface area contributed by atoms with Crippen LogP contribution in [0.15, 0.2) is 30.7 Å². The first-order chi connectivity index (χ1) is 11.1. The zero-order valence-electron chi connectivity index (χ0n) is 12.9. The molecule has 2 atom stereocenters. The molecule has 2 aromatic rings. The van der Waals surface area contributed by atoms with Crippen molar-refractivity contribution in [2.24, 2.45) is 5.92 Å². The van der Waals surface area contributed by atoms with E-state index in [1.807, 2.05) is 0 Å². The number of hydrogen-bond donors (Lipinski definition) is 2. The first kappa shape index (κ1) is 15.5. The Kier molecular flexibility index (Phi) is 4.60. The second-order valence-electron chi connectivity index (χ2n) is 6.13. The van der Waals surface area contributed by atoms with E-state index in [4.69, 9.17) is 0 Å². The minimum absolute atomic E-state index is 0.225. The zero-order valence-corrected chi connectivity index (χ0v) is 12.9. The predicted octanol–water partition coefficient (Wildman–Crippen LogP) is 2.49. The molecule has 0 radical (unpaired) electrons. The van der Waals surface area contributed by atoms with Crippen LogP contribution in [0.1, 0.15) is 48.9 Å². The maximum atomic E-state index is 12.5. The van der Waals surface area contributed by atoms with Gasteiger partial charge in [-0.3, -0.25) is 9.59 Å². The molecular weight excluding hydrogens is 294 g/mol. The minimum Gasteiger partial charge on any atom is -0.481 e. The monoisotopic (exact) mass is 315 g/mol. The van der Waals surface area contributed by atoms with Gasteiger partial charge in [0.2, 0.25) is 0 Å². The average molecular weight is 315 g/mol. The Balaban J connectivity index is 1.76. The summed E-state index contributed by atoms with van der Waals surface area (Å²) < 4.78 is 1.78. The van der Waals surface area contributed by atoms with Crippen LogP contribution in [-0.4, -0.2) is 32.4 Å². The topological polar surface area (TPSA) is 83.7 Å². The highest BCUT2D eigenvalue weighted by Crippen LogP contribution is 2.23. The van der Waals surface area contributed by atoms with E-state index >= 15 is 0 Å². The number of aliphatic carboxylic acids is 1. The molecule has 6 nitrogen and oxygen atoms in total. The summed E-state index contributed by atoms with van der Waals surface area (Å²) in [5, 5.41) is 12.4. The molecular formula is C17H21N3O3. The Labute approximate surface area is 134 Å². The van der Waals surface area contributed by atoms with Crippen LogP contribution in [0.25, 0.3) is 5.65 Å². The molecule has 2 unspecified atom stereocenters. The highest BCUT2D eigenvalue weighted by molar-refractivity contribution is 5.94. The number of rotatable bonds is 3. The van der Waals surface area contributed by atoms with Crippen LogP contribution in [0, 0.1) is 5.92 Å². The van der Waals surface area contributed by atoms with Crippen molar-refractivity contribution < 1.29 is 14.7 Å². The van der Waals surface area contributed by atoms with Gasteiger partial charge in [0.15, 0.2) is 0 Å². The molecule has 23 heavy (non-hydrogen) atoms. The van der Waals surface area contributed by atoms with Crippen LogP contribution in [-0.2, 0) is 4.79 Å². The number of pyridine rings is 1. The molecule has 1 amide bonds. The second kappa shape index (κ2) is 6.81. The second-order valence-corrected chi connectivity index (χ2v) is 6.13. The predicted molar refractivity (Wildman–Crippen MR) is 85.3 cm³/mol. The Bertz CT molecular complexity index is 710. The van der Waals surface area contributed by atoms with Crippen molar-refractivity contribution in [2.75, 3.05) is 0 Å². The molecule has 2 heterocycles. The number of carboxylic acid groups (broad SMARTS) is 1. The summed E-state index contributed by atoms with van der Waals surface area (Å²) in [6.07, 6.45) is 10.5. The van der Waals surface area contributed by atoms with Crippen LogP contribution < -0.4 is 5.32 Å². The smallest absolute Gasteiger partial charge is 0.308 e. The van der Waals surface area contributed by atoms with Gasteiger partial charge < -0.3 is 14.8 Å². The van der Waals surface area contributed by atoms with Crippen LogP contribution in [0.2, 0.25) is 0 Å². The van der Waals surface area contributed by atoms with E-state index in [0.717, 1.165) is 37.8 Å². The normalized spacial score (nSPS) is 22.3. The molecule has 1 saturated carbocycles. The maximum absolute atomic E-state index is 12.5. The number of carboxylic acids is 1. The number of imidazole rings is 1. The van der Waals surface area contributed by atoms with Gasteiger partial charge >= 0.3 is 5.97 Å². The van der Waals surface area contributed by atoms with E-state index in [1.165, 1.54) is 0 Å². The van der Waals surface area contributed by atoms with Crippen molar-refractivity contribution in [2.45, 2.75) is 44.6 Å². The number of aromatic nitrogens is 2. The van der Waals surface area contributed by atoms with E-state index in [1.54, 1.807) is 35.1 Å². The fourth-order valence-corrected chi connectivity index (χ4v) is 3.26. The van der Waals surface area contributed by atoms with E-state index in [-0.39, 0.29) is 11.9 Å². The molecule has 1 aliphatic rings. The molecule has 3 rings (SSSR count). The summed E-state index contributed by atoms with van der Waals surface area (Å²) in [5.74, 6) is -1.55. The van der Waals surface area contributed by atoms with Crippen molar-refractivity contribution in [1.29, 1.82) is 0 Å². The standard InChI is InChI=1S/C17H21N3O3/c21-16(12-7-8-15-18-9-10-20(15)11-12)19-14-6-4-2-1-3-5-13(14)17(22)23/h7-11,13-14H,1-6H2,(H,19,21)(H,22,23). The molecule has 0 spiro atoms. The van der Waals surface area contributed by atoms with E-state index in [9.17, 15) is 14.7 Å². The first-order valence-corrected chi connectivity index (χ1v) is 8.11. The van der Waals surface area contributed by atoms with Crippen molar-refractivity contribution in [3.63, 3.8) is 0 Å². The van der Waals surface area contributed by atoms with Crippen LogP contribution in [0.5, 0.6) is 0 Å². The molecule has 0 saturated heterocycles. The van der Waals surface area contributed by atoms with Crippen molar-refractivity contribution in [1.82, 2.24) is 14.7 Å². The lowest BCUT2D eigenvalue weighted by molar-refractivity contribution is -0.143. The van der Waals surface area contributed by atoms with E-state index in [0.29, 0.717) is 12.0 Å². The van der Waals surface area contributed by atoms with Gasteiger partial charge in [-0.05, 0) is 25.0 Å². The number of nitrogens with zero attached hydrogens (tertiary/aromatic N) is 2. The van der Waals surface area contributed by atoms with Gasteiger partial charge in [0, 0.05) is 24.6 Å². The molecule has 0 aromatic carbocycles. The zero-order chi connectivity index (χ0) is 16.2. The van der Waals surface area contributed by atoms with Crippen molar-refractivity contribution in [3.8, 4) is 0 Å². The molecule has 1 aliphatic carbocycles. The lowest BCUT2D eigenvalue weighted by atomic mass is 9.86. The summed E-state index contributed by atoms with van der Waals surface area (Å²) in [6, 6.07) is 3.19. The van der Waals surface area contributed by atoms with Gasteiger partial charge in [-0.1, -0.05) is 25.7 Å². The average Bonchev–Trinajstić information content (AvgIpc) is 2.97.